The Morgan fingerprint density at radius 2 is 1.76 bits per heavy atom. The zero-order valence-electron chi connectivity index (χ0n) is 17.8. The molecule has 0 bridgehead atoms. The van der Waals surface area contributed by atoms with Crippen LogP contribution in [0, 0.1) is 18.3 Å². The number of aliphatic hydroxyl groups is 2. The summed E-state index contributed by atoms with van der Waals surface area (Å²) in [6, 6.07) is 19.6. The summed E-state index contributed by atoms with van der Waals surface area (Å²) in [4.78, 5) is 17.7. The fourth-order valence-electron chi connectivity index (χ4n) is 3.34. The number of carbonyl (C=O) groups is 1. The van der Waals surface area contributed by atoms with Crippen LogP contribution in [0.25, 0.3) is 10.2 Å². The van der Waals surface area contributed by atoms with Crippen LogP contribution in [-0.4, -0.2) is 21.1 Å². The Balaban J connectivity index is 1.62. The van der Waals surface area contributed by atoms with Crippen molar-refractivity contribution in [2.45, 2.75) is 26.2 Å². The first-order valence-corrected chi connectivity index (χ1v) is 11.0. The van der Waals surface area contributed by atoms with Crippen molar-refractivity contribution in [1.82, 2.24) is 4.98 Å². The summed E-state index contributed by atoms with van der Waals surface area (Å²) in [6.07, 6.45) is -0.938. The van der Waals surface area contributed by atoms with Crippen molar-refractivity contribution in [3.8, 4) is 11.8 Å². The molecule has 166 valence electrons. The fourth-order valence-corrected chi connectivity index (χ4v) is 4.25. The van der Waals surface area contributed by atoms with Crippen molar-refractivity contribution in [1.29, 1.82) is 5.26 Å². The van der Waals surface area contributed by atoms with Gasteiger partial charge in [-0.1, -0.05) is 41.2 Å². The Morgan fingerprint density at radius 3 is 2.39 bits per heavy atom. The maximum Gasteiger partial charge on any atom is 0.271 e. The van der Waals surface area contributed by atoms with Crippen molar-refractivity contribution in [2.75, 3.05) is 5.32 Å². The Labute approximate surface area is 194 Å². The van der Waals surface area contributed by atoms with E-state index in [0.29, 0.717) is 38.7 Å². The predicted molar refractivity (Wildman–Crippen MR) is 126 cm³/mol. The van der Waals surface area contributed by atoms with Gasteiger partial charge in [-0.25, -0.2) is 4.98 Å². The van der Waals surface area contributed by atoms with E-state index in [-0.39, 0.29) is 13.2 Å². The number of aromatic nitrogens is 1. The molecule has 1 atom stereocenters. The Bertz CT molecular complexity index is 1280. The molecular formula is C25H21N3O4S. The molecule has 1 amide bonds. The van der Waals surface area contributed by atoms with E-state index in [0.717, 1.165) is 10.3 Å². The van der Waals surface area contributed by atoms with Gasteiger partial charge in [-0.2, -0.15) is 5.26 Å². The minimum atomic E-state index is -0.938. The van der Waals surface area contributed by atoms with Gasteiger partial charge in [0.2, 0.25) is 6.10 Å². The molecular weight excluding hydrogens is 438 g/mol. The molecule has 4 rings (SSSR count). The number of nitrogens with zero attached hydrogens (tertiary/aromatic N) is 2. The van der Waals surface area contributed by atoms with Crippen LogP contribution in [0.5, 0.6) is 5.75 Å². The number of hydrogen-bond donors (Lipinski definition) is 3. The third-order valence-electron chi connectivity index (χ3n) is 5.14. The van der Waals surface area contributed by atoms with Gasteiger partial charge < -0.3 is 14.9 Å². The van der Waals surface area contributed by atoms with Gasteiger partial charge >= 0.3 is 0 Å². The second-order valence-electron chi connectivity index (χ2n) is 7.46. The standard InChI is InChI=1S/C25H21N3O4S/c1-15-2-6-17(7-3-15)23(32-20-8-4-16(12-26)5-9-20)24(31)28-25-27-21-10-18(13-29)19(14-30)11-22(21)33-25/h2-11,23,29-30H,13-14H2,1H3,(H,27,28,31). The number of hydrogen-bond acceptors (Lipinski definition) is 7. The maximum atomic E-state index is 13.2. The fraction of sp³-hybridized carbons (Fsp3) is 0.160. The lowest BCUT2D eigenvalue weighted by Crippen LogP contribution is -2.25. The molecule has 0 spiro atoms. The zero-order valence-corrected chi connectivity index (χ0v) is 18.6. The van der Waals surface area contributed by atoms with Crippen LogP contribution in [0.15, 0.2) is 60.7 Å². The topological polar surface area (TPSA) is 115 Å². The number of anilines is 1. The number of ether oxygens (including phenoxy) is 1. The van der Waals surface area contributed by atoms with E-state index in [2.05, 4.69) is 16.4 Å². The number of fused-ring (bicyclic) bond motifs is 1. The van der Waals surface area contributed by atoms with Gasteiger partial charge in [0.05, 0.1) is 35.1 Å². The molecule has 8 heteroatoms. The number of aliphatic hydroxyl groups excluding tert-OH is 2. The monoisotopic (exact) mass is 459 g/mol. The normalized spacial score (nSPS) is 11.7. The van der Waals surface area contributed by atoms with Gasteiger partial charge in [-0.3, -0.25) is 10.1 Å². The molecule has 0 aliphatic carbocycles. The number of nitriles is 1. The quantitative estimate of drug-likeness (QED) is 0.381. The summed E-state index contributed by atoms with van der Waals surface area (Å²) in [5, 5.41) is 31.3. The lowest BCUT2D eigenvalue weighted by molar-refractivity contribution is -0.123. The Kier molecular flexibility index (Phi) is 6.66. The van der Waals surface area contributed by atoms with E-state index in [4.69, 9.17) is 10.00 Å². The van der Waals surface area contributed by atoms with E-state index >= 15 is 0 Å². The van der Waals surface area contributed by atoms with Crippen molar-refractivity contribution >= 4 is 32.6 Å². The highest BCUT2D eigenvalue weighted by atomic mass is 32.1. The first kappa shape index (κ1) is 22.4. The van der Waals surface area contributed by atoms with Crippen LogP contribution in [-0.2, 0) is 18.0 Å². The molecule has 3 aromatic carbocycles. The molecule has 1 heterocycles. The Hall–Kier alpha value is -3.77. The van der Waals surface area contributed by atoms with Crippen LogP contribution in [0.1, 0.15) is 33.9 Å². The molecule has 0 radical (unpaired) electrons. The van der Waals surface area contributed by atoms with E-state index in [9.17, 15) is 15.0 Å². The number of thiazole rings is 1. The third kappa shape index (κ3) is 5.02. The zero-order chi connectivity index (χ0) is 23.4. The summed E-state index contributed by atoms with van der Waals surface area (Å²) in [5.41, 5.74) is 4.06. The first-order valence-electron chi connectivity index (χ1n) is 10.2. The molecule has 0 aliphatic heterocycles. The smallest absolute Gasteiger partial charge is 0.271 e. The maximum absolute atomic E-state index is 13.2. The number of carbonyl (C=O) groups excluding carboxylic acids is 1. The van der Waals surface area contributed by atoms with Crippen molar-refractivity contribution in [3.05, 3.63) is 88.5 Å². The van der Waals surface area contributed by atoms with E-state index in [1.165, 1.54) is 11.3 Å². The number of benzene rings is 3. The second kappa shape index (κ2) is 9.79. The summed E-state index contributed by atoms with van der Waals surface area (Å²) < 4.78 is 6.79. The third-order valence-corrected chi connectivity index (χ3v) is 6.07. The van der Waals surface area contributed by atoms with Crippen LogP contribution in [0.4, 0.5) is 5.13 Å². The minimum Gasteiger partial charge on any atom is -0.476 e. The molecule has 1 unspecified atom stereocenters. The molecule has 0 saturated carbocycles. The Morgan fingerprint density at radius 1 is 1.09 bits per heavy atom. The SMILES string of the molecule is Cc1ccc(C(Oc2ccc(C#N)cc2)C(=O)Nc2nc3cc(CO)c(CO)cc3s2)cc1. The molecule has 0 fully saturated rings. The number of nitrogens with one attached hydrogen (secondary N) is 1. The summed E-state index contributed by atoms with van der Waals surface area (Å²) in [6.45, 7) is 1.56. The molecule has 33 heavy (non-hydrogen) atoms. The molecule has 0 aliphatic rings. The summed E-state index contributed by atoms with van der Waals surface area (Å²) in [5.74, 6) is 0.0613. The molecule has 1 aromatic heterocycles. The lowest BCUT2D eigenvalue weighted by atomic mass is 10.1. The van der Waals surface area contributed by atoms with Crippen molar-refractivity contribution in [2.24, 2.45) is 0 Å². The molecule has 0 saturated heterocycles. The average Bonchev–Trinajstić information content (AvgIpc) is 3.23. The van der Waals surface area contributed by atoms with Gasteiger partial charge in [-0.15, -0.1) is 0 Å². The second-order valence-corrected chi connectivity index (χ2v) is 8.49. The van der Waals surface area contributed by atoms with Gasteiger partial charge in [0.25, 0.3) is 5.91 Å². The minimum absolute atomic E-state index is 0.195. The van der Waals surface area contributed by atoms with Crippen molar-refractivity contribution < 1.29 is 19.7 Å². The van der Waals surface area contributed by atoms with Gasteiger partial charge in [0.1, 0.15) is 5.75 Å². The lowest BCUT2D eigenvalue weighted by Gasteiger charge is -2.19. The summed E-state index contributed by atoms with van der Waals surface area (Å²) in [7, 11) is 0. The van der Waals surface area contributed by atoms with Gasteiger partial charge in [-0.05, 0) is 54.4 Å². The first-order chi connectivity index (χ1) is 16.0. The highest BCUT2D eigenvalue weighted by Crippen LogP contribution is 2.31. The molecule has 3 N–H and O–H groups in total. The predicted octanol–water partition coefficient (Wildman–Crippen LogP) is 4.22. The van der Waals surface area contributed by atoms with Crippen LogP contribution in [0.2, 0.25) is 0 Å². The average molecular weight is 460 g/mol. The van der Waals surface area contributed by atoms with Crippen molar-refractivity contribution in [3.63, 3.8) is 0 Å². The van der Waals surface area contributed by atoms with Crippen LogP contribution >= 0.6 is 11.3 Å². The van der Waals surface area contributed by atoms with Gasteiger partial charge in [0.15, 0.2) is 5.13 Å². The van der Waals surface area contributed by atoms with Crippen LogP contribution < -0.4 is 10.1 Å². The van der Waals surface area contributed by atoms with E-state index < -0.39 is 12.0 Å². The van der Waals surface area contributed by atoms with Crippen LogP contribution in [0.3, 0.4) is 0 Å². The van der Waals surface area contributed by atoms with Gasteiger partial charge in [0, 0.05) is 5.56 Å². The molecule has 4 aromatic rings. The van der Waals surface area contributed by atoms with E-state index in [1.807, 2.05) is 31.2 Å². The summed E-state index contributed by atoms with van der Waals surface area (Å²) >= 11 is 1.27. The highest BCUT2D eigenvalue weighted by Gasteiger charge is 2.24. The largest absolute Gasteiger partial charge is 0.476 e. The molecule has 7 nitrogen and oxygen atoms in total. The van der Waals surface area contributed by atoms with E-state index in [1.54, 1.807) is 36.4 Å². The number of amides is 1. The number of rotatable bonds is 7. The number of aryl methyl sites for hydroxylation is 1. The highest BCUT2D eigenvalue weighted by molar-refractivity contribution is 7.22.